The zero-order valence-electron chi connectivity index (χ0n) is 12.2. The lowest BCUT2D eigenvalue weighted by Gasteiger charge is -2.64. The second kappa shape index (κ2) is 4.08. The van der Waals surface area contributed by atoms with E-state index in [2.05, 4.69) is 44.2 Å². The highest BCUT2D eigenvalue weighted by molar-refractivity contribution is 7.48. The number of benzene rings is 1. The predicted octanol–water partition coefficient (Wildman–Crippen LogP) is 4.60. The molecule has 4 saturated carbocycles. The number of rotatable bonds is 2. The van der Waals surface area contributed by atoms with Crippen LogP contribution in [0.3, 0.4) is 0 Å². The summed E-state index contributed by atoms with van der Waals surface area (Å²) in [5.41, 5.74) is 2.31. The van der Waals surface area contributed by atoms with Gasteiger partial charge >= 0.3 is 0 Å². The van der Waals surface area contributed by atoms with Crippen molar-refractivity contribution in [2.45, 2.75) is 51.6 Å². The van der Waals surface area contributed by atoms with Gasteiger partial charge in [-0.3, -0.25) is 0 Å². The molecule has 0 radical (unpaired) electrons. The van der Waals surface area contributed by atoms with Crippen molar-refractivity contribution in [1.82, 2.24) is 0 Å². The van der Waals surface area contributed by atoms with Crippen LogP contribution in [-0.2, 0) is 0 Å². The summed E-state index contributed by atoms with van der Waals surface area (Å²) >= 11 is 0. The summed E-state index contributed by atoms with van der Waals surface area (Å²) in [6.07, 6.45) is 7.60. The van der Waals surface area contributed by atoms with Gasteiger partial charge in [0.1, 0.15) is 0 Å². The average molecular weight is 272 g/mol. The van der Waals surface area contributed by atoms with Crippen LogP contribution in [0.2, 0.25) is 0 Å². The molecule has 102 valence electrons. The van der Waals surface area contributed by atoms with E-state index in [4.69, 9.17) is 0 Å². The molecular weight excluding hydrogens is 247 g/mol. The van der Waals surface area contributed by atoms with Gasteiger partial charge in [0.25, 0.3) is 0 Å². The van der Waals surface area contributed by atoms with Gasteiger partial charge in [-0.25, -0.2) is 0 Å². The second-order valence-corrected chi connectivity index (χ2v) is 9.59. The van der Waals surface area contributed by atoms with Crippen molar-refractivity contribution in [1.29, 1.82) is 0 Å². The van der Waals surface area contributed by atoms with Crippen LogP contribution >= 0.6 is 8.58 Å². The Hall–Kier alpha value is -0.350. The van der Waals surface area contributed by atoms with Crippen molar-refractivity contribution < 1.29 is 0 Å². The maximum atomic E-state index is 2.61. The van der Waals surface area contributed by atoms with Crippen LogP contribution in [0.5, 0.6) is 0 Å². The van der Waals surface area contributed by atoms with E-state index in [1.54, 1.807) is 5.30 Å². The van der Waals surface area contributed by atoms with Gasteiger partial charge in [0.05, 0.1) is 0 Å². The maximum absolute atomic E-state index is 2.61. The smallest absolute Gasteiger partial charge is 0.0113 e. The topological polar surface area (TPSA) is 0 Å². The third kappa shape index (κ3) is 1.99. The van der Waals surface area contributed by atoms with Crippen molar-refractivity contribution in [3.8, 4) is 0 Å². The lowest BCUT2D eigenvalue weighted by atomic mass is 9.45. The molecule has 0 heterocycles. The first-order valence-corrected chi connectivity index (χ1v) is 8.96. The zero-order chi connectivity index (χ0) is 13.1. The van der Waals surface area contributed by atoms with Gasteiger partial charge in [-0.1, -0.05) is 52.8 Å². The monoisotopic (exact) mass is 272 g/mol. The minimum atomic E-state index is 0.646. The Bertz CT molecular complexity index is 482. The summed E-state index contributed by atoms with van der Waals surface area (Å²) in [6, 6.07) is 11.3. The lowest BCUT2D eigenvalue weighted by Crippen LogP contribution is -2.56. The van der Waals surface area contributed by atoms with E-state index < -0.39 is 0 Å². The quantitative estimate of drug-likeness (QED) is 0.690. The summed E-state index contributed by atoms with van der Waals surface area (Å²) in [4.78, 5) is 0. The van der Waals surface area contributed by atoms with E-state index in [-0.39, 0.29) is 0 Å². The Morgan fingerprint density at radius 1 is 1.05 bits per heavy atom. The molecule has 6 unspecified atom stereocenters. The van der Waals surface area contributed by atoms with Crippen LogP contribution in [0.15, 0.2) is 30.3 Å². The molecule has 0 N–H and O–H groups in total. The SMILES string of the molecule is CC12CC3CC(C1)C(Pc1ccccc1)C(C)(C3)C2. The molecule has 1 heteroatoms. The lowest BCUT2D eigenvalue weighted by molar-refractivity contribution is -0.0863. The minimum Gasteiger partial charge on any atom is -0.0864 e. The minimum absolute atomic E-state index is 0.646. The third-order valence-electron chi connectivity index (χ3n) is 6.08. The normalized spacial score (nSPS) is 48.2. The first-order valence-electron chi connectivity index (χ1n) is 7.88. The van der Waals surface area contributed by atoms with Crippen molar-refractivity contribution in [2.24, 2.45) is 22.7 Å². The molecule has 0 nitrogen and oxygen atoms in total. The molecule has 0 spiro atoms. The molecule has 0 saturated heterocycles. The van der Waals surface area contributed by atoms with Gasteiger partial charge in [-0.15, -0.1) is 0 Å². The summed E-state index contributed by atoms with van der Waals surface area (Å²) in [5, 5.41) is 1.59. The number of hydrogen-bond donors (Lipinski definition) is 0. The van der Waals surface area contributed by atoms with Crippen molar-refractivity contribution in [2.75, 3.05) is 0 Å². The van der Waals surface area contributed by atoms with E-state index in [0.717, 1.165) is 26.1 Å². The summed E-state index contributed by atoms with van der Waals surface area (Å²) < 4.78 is 0. The first kappa shape index (κ1) is 12.4. The Morgan fingerprint density at radius 2 is 1.84 bits per heavy atom. The largest absolute Gasteiger partial charge is 0.0864 e. The van der Waals surface area contributed by atoms with Crippen LogP contribution < -0.4 is 5.30 Å². The predicted molar refractivity (Wildman–Crippen MR) is 84.5 cm³/mol. The summed E-state index contributed by atoms with van der Waals surface area (Å²) in [5.74, 6) is 2.08. The fraction of sp³-hybridized carbons (Fsp3) is 0.667. The molecule has 4 aliphatic rings. The highest BCUT2D eigenvalue weighted by Gasteiger charge is 2.58. The fourth-order valence-corrected chi connectivity index (χ4v) is 7.88. The molecular formula is C18H25P. The van der Waals surface area contributed by atoms with Crippen LogP contribution in [0.4, 0.5) is 0 Å². The highest BCUT2D eigenvalue weighted by Crippen LogP contribution is 2.68. The van der Waals surface area contributed by atoms with E-state index in [1.165, 1.54) is 32.1 Å². The van der Waals surface area contributed by atoms with Crippen LogP contribution in [0, 0.1) is 22.7 Å². The maximum Gasteiger partial charge on any atom is -0.0113 e. The molecule has 0 aliphatic heterocycles. The summed E-state index contributed by atoms with van der Waals surface area (Å²) in [7, 11) is 1.04. The molecule has 4 bridgehead atoms. The zero-order valence-corrected chi connectivity index (χ0v) is 13.2. The third-order valence-corrected chi connectivity index (χ3v) is 8.22. The van der Waals surface area contributed by atoms with Gasteiger partial charge in [0.15, 0.2) is 0 Å². The molecule has 6 atom stereocenters. The van der Waals surface area contributed by atoms with Gasteiger partial charge in [-0.2, -0.15) is 0 Å². The van der Waals surface area contributed by atoms with Crippen LogP contribution in [0.1, 0.15) is 46.0 Å². The van der Waals surface area contributed by atoms with Gasteiger partial charge < -0.3 is 0 Å². The Labute approximate surface area is 119 Å². The fourth-order valence-electron chi connectivity index (χ4n) is 6.08. The molecule has 4 aliphatic carbocycles. The van der Waals surface area contributed by atoms with Crippen LogP contribution in [-0.4, -0.2) is 5.66 Å². The average Bonchev–Trinajstić information content (AvgIpc) is 2.32. The molecule has 1 aromatic rings. The van der Waals surface area contributed by atoms with E-state index >= 15 is 0 Å². The van der Waals surface area contributed by atoms with Gasteiger partial charge in [-0.05, 0) is 65.7 Å². The van der Waals surface area contributed by atoms with E-state index in [1.807, 2.05) is 0 Å². The molecule has 19 heavy (non-hydrogen) atoms. The van der Waals surface area contributed by atoms with Gasteiger partial charge in [0.2, 0.25) is 0 Å². The standard InChI is InChI=1S/C18H25P/c1-17-9-13-8-14(11-17)16(18(2,10-13)12-17)19-15-6-4-3-5-7-15/h3-7,13-14,16,19H,8-12H2,1-2H3. The first-order chi connectivity index (χ1) is 9.06. The van der Waals surface area contributed by atoms with Crippen molar-refractivity contribution in [3.05, 3.63) is 30.3 Å². The molecule has 4 fully saturated rings. The Balaban J connectivity index is 1.63. The van der Waals surface area contributed by atoms with E-state index in [9.17, 15) is 0 Å². The second-order valence-electron chi connectivity index (χ2n) is 8.10. The Kier molecular flexibility index (Phi) is 2.66. The molecule has 0 aromatic heterocycles. The Morgan fingerprint density at radius 3 is 2.53 bits per heavy atom. The summed E-state index contributed by atoms with van der Waals surface area (Å²) in [6.45, 7) is 5.19. The molecule has 5 rings (SSSR count). The van der Waals surface area contributed by atoms with Crippen molar-refractivity contribution >= 4 is 13.9 Å². The van der Waals surface area contributed by atoms with E-state index in [0.29, 0.717) is 10.8 Å². The number of hydrogen-bond acceptors (Lipinski definition) is 0. The highest BCUT2D eigenvalue weighted by atomic mass is 31.1. The molecule has 0 amide bonds. The van der Waals surface area contributed by atoms with Crippen molar-refractivity contribution in [3.63, 3.8) is 0 Å². The van der Waals surface area contributed by atoms with Gasteiger partial charge in [0, 0.05) is 0 Å². The van der Waals surface area contributed by atoms with Crippen LogP contribution in [0.25, 0.3) is 0 Å². The molecule has 1 aromatic carbocycles.